The van der Waals surface area contributed by atoms with Gasteiger partial charge in [-0.3, -0.25) is 0 Å². The molecular formula is C11H14BrFOS. The second-order valence-electron chi connectivity index (χ2n) is 3.27. The number of thioether (sulfide) groups is 1. The Bertz CT molecular complexity index is 319. The van der Waals surface area contributed by atoms with Crippen LogP contribution in [0.4, 0.5) is 4.39 Å². The van der Waals surface area contributed by atoms with Gasteiger partial charge in [0.1, 0.15) is 5.82 Å². The van der Waals surface area contributed by atoms with E-state index in [2.05, 4.69) is 22.9 Å². The van der Waals surface area contributed by atoms with Crippen molar-refractivity contribution in [1.82, 2.24) is 0 Å². The molecule has 0 spiro atoms. The first-order chi connectivity index (χ1) is 7.13. The van der Waals surface area contributed by atoms with E-state index in [1.807, 2.05) is 0 Å². The SMILES string of the molecule is CCSCC(O)Cc1ccc(F)c(Br)c1. The van der Waals surface area contributed by atoms with Gasteiger partial charge in [0.05, 0.1) is 10.6 Å². The highest BCUT2D eigenvalue weighted by atomic mass is 79.9. The van der Waals surface area contributed by atoms with Gasteiger partial charge in [-0.25, -0.2) is 4.39 Å². The number of hydrogen-bond acceptors (Lipinski definition) is 2. The molecule has 84 valence electrons. The number of hydrogen-bond donors (Lipinski definition) is 1. The fourth-order valence-corrected chi connectivity index (χ4v) is 2.30. The van der Waals surface area contributed by atoms with Gasteiger partial charge in [0, 0.05) is 5.75 Å². The molecule has 1 aromatic rings. The van der Waals surface area contributed by atoms with Crippen molar-refractivity contribution in [1.29, 1.82) is 0 Å². The second kappa shape index (κ2) is 6.51. The zero-order valence-electron chi connectivity index (χ0n) is 8.54. The van der Waals surface area contributed by atoms with Gasteiger partial charge in [-0.1, -0.05) is 13.0 Å². The number of aliphatic hydroxyl groups is 1. The lowest BCUT2D eigenvalue weighted by atomic mass is 10.1. The van der Waals surface area contributed by atoms with Crippen LogP contribution in [0.25, 0.3) is 0 Å². The first-order valence-corrected chi connectivity index (χ1v) is 6.78. The van der Waals surface area contributed by atoms with Crippen LogP contribution in [0.1, 0.15) is 12.5 Å². The Hall–Kier alpha value is -0.0600. The van der Waals surface area contributed by atoms with Gasteiger partial charge in [0.2, 0.25) is 0 Å². The van der Waals surface area contributed by atoms with E-state index in [4.69, 9.17) is 0 Å². The van der Waals surface area contributed by atoms with Crippen molar-refractivity contribution < 1.29 is 9.50 Å². The Morgan fingerprint density at radius 1 is 1.53 bits per heavy atom. The number of rotatable bonds is 5. The van der Waals surface area contributed by atoms with E-state index in [9.17, 15) is 9.50 Å². The normalized spacial score (nSPS) is 12.8. The van der Waals surface area contributed by atoms with E-state index in [0.717, 1.165) is 17.1 Å². The van der Waals surface area contributed by atoms with E-state index >= 15 is 0 Å². The fraction of sp³-hybridized carbons (Fsp3) is 0.455. The quantitative estimate of drug-likeness (QED) is 0.899. The highest BCUT2D eigenvalue weighted by Crippen LogP contribution is 2.18. The van der Waals surface area contributed by atoms with Gasteiger partial charge < -0.3 is 5.11 Å². The van der Waals surface area contributed by atoms with Crippen molar-refractivity contribution in [3.05, 3.63) is 34.1 Å². The average Bonchev–Trinajstić information content (AvgIpc) is 2.20. The average molecular weight is 293 g/mol. The zero-order valence-corrected chi connectivity index (χ0v) is 10.9. The Morgan fingerprint density at radius 3 is 2.87 bits per heavy atom. The van der Waals surface area contributed by atoms with Gasteiger partial charge >= 0.3 is 0 Å². The summed E-state index contributed by atoms with van der Waals surface area (Å²) in [7, 11) is 0. The van der Waals surface area contributed by atoms with Gasteiger partial charge in [0.25, 0.3) is 0 Å². The molecule has 0 aliphatic heterocycles. The Morgan fingerprint density at radius 2 is 2.27 bits per heavy atom. The maximum absolute atomic E-state index is 12.9. The summed E-state index contributed by atoms with van der Waals surface area (Å²) in [5.41, 5.74) is 0.951. The van der Waals surface area contributed by atoms with Crippen molar-refractivity contribution in [3.63, 3.8) is 0 Å². The van der Waals surface area contributed by atoms with Crippen LogP contribution in [-0.4, -0.2) is 22.7 Å². The summed E-state index contributed by atoms with van der Waals surface area (Å²) in [5.74, 6) is 1.46. The number of halogens is 2. The highest BCUT2D eigenvalue weighted by Gasteiger charge is 2.07. The van der Waals surface area contributed by atoms with Gasteiger partial charge in [-0.15, -0.1) is 0 Å². The van der Waals surface area contributed by atoms with Crippen LogP contribution in [0.2, 0.25) is 0 Å². The lowest BCUT2D eigenvalue weighted by molar-refractivity contribution is 0.200. The van der Waals surface area contributed by atoms with Crippen molar-refractivity contribution in [2.75, 3.05) is 11.5 Å². The third kappa shape index (κ3) is 4.53. The van der Waals surface area contributed by atoms with E-state index in [-0.39, 0.29) is 11.9 Å². The van der Waals surface area contributed by atoms with Gasteiger partial charge in [-0.2, -0.15) is 11.8 Å². The minimum atomic E-state index is -0.354. The highest BCUT2D eigenvalue weighted by molar-refractivity contribution is 9.10. The summed E-state index contributed by atoms with van der Waals surface area (Å²) in [6, 6.07) is 4.84. The fourth-order valence-electron chi connectivity index (χ4n) is 1.25. The molecule has 1 N–H and O–H groups in total. The van der Waals surface area contributed by atoms with Crippen LogP contribution in [0.15, 0.2) is 22.7 Å². The smallest absolute Gasteiger partial charge is 0.137 e. The zero-order chi connectivity index (χ0) is 11.3. The molecule has 0 aliphatic carbocycles. The molecule has 15 heavy (non-hydrogen) atoms. The lowest BCUT2D eigenvalue weighted by Crippen LogP contribution is -2.13. The van der Waals surface area contributed by atoms with Gasteiger partial charge in [0.15, 0.2) is 0 Å². The first kappa shape index (κ1) is 13.0. The van der Waals surface area contributed by atoms with Crippen LogP contribution in [0.3, 0.4) is 0 Å². The van der Waals surface area contributed by atoms with Crippen LogP contribution in [-0.2, 0) is 6.42 Å². The summed E-state index contributed by atoms with van der Waals surface area (Å²) in [6.07, 6.45) is 0.221. The van der Waals surface area contributed by atoms with E-state index in [1.165, 1.54) is 6.07 Å². The van der Waals surface area contributed by atoms with Crippen LogP contribution in [0.5, 0.6) is 0 Å². The Kier molecular flexibility index (Phi) is 5.64. The molecule has 0 heterocycles. The third-order valence-corrected chi connectivity index (χ3v) is 3.61. The maximum Gasteiger partial charge on any atom is 0.137 e. The van der Waals surface area contributed by atoms with Crippen molar-refractivity contribution >= 4 is 27.7 Å². The predicted octanol–water partition coefficient (Wildman–Crippen LogP) is 3.24. The monoisotopic (exact) mass is 292 g/mol. The minimum absolute atomic E-state index is 0.267. The molecule has 1 atom stereocenters. The molecule has 1 aromatic carbocycles. The molecule has 1 unspecified atom stereocenters. The molecule has 0 radical (unpaired) electrons. The van der Waals surface area contributed by atoms with E-state index < -0.39 is 0 Å². The summed E-state index contributed by atoms with van der Waals surface area (Å²) in [4.78, 5) is 0. The van der Waals surface area contributed by atoms with Crippen molar-refractivity contribution in [2.45, 2.75) is 19.4 Å². The molecular weight excluding hydrogens is 279 g/mol. The molecule has 0 aliphatic rings. The molecule has 1 nitrogen and oxygen atoms in total. The summed E-state index contributed by atoms with van der Waals surface area (Å²) in [5, 5.41) is 9.66. The Labute approximate surface area is 102 Å². The number of benzene rings is 1. The predicted molar refractivity (Wildman–Crippen MR) is 66.8 cm³/mol. The Balaban J connectivity index is 2.53. The van der Waals surface area contributed by atoms with E-state index in [1.54, 1.807) is 23.9 Å². The van der Waals surface area contributed by atoms with Crippen LogP contribution >= 0.6 is 27.7 Å². The summed E-state index contributed by atoms with van der Waals surface area (Å²) < 4.78 is 13.4. The summed E-state index contributed by atoms with van der Waals surface area (Å²) in [6.45, 7) is 2.06. The molecule has 4 heteroatoms. The molecule has 0 aromatic heterocycles. The molecule has 0 amide bonds. The molecule has 0 saturated carbocycles. The van der Waals surface area contributed by atoms with Crippen LogP contribution < -0.4 is 0 Å². The third-order valence-electron chi connectivity index (χ3n) is 1.97. The number of aliphatic hydroxyl groups excluding tert-OH is 1. The standard InChI is InChI=1S/C11H14BrFOS/c1-2-15-7-9(14)5-8-3-4-11(13)10(12)6-8/h3-4,6,9,14H,2,5,7H2,1H3. The minimum Gasteiger partial charge on any atom is -0.392 e. The summed E-state index contributed by atoms with van der Waals surface area (Å²) >= 11 is 4.83. The largest absolute Gasteiger partial charge is 0.392 e. The topological polar surface area (TPSA) is 20.2 Å². The first-order valence-electron chi connectivity index (χ1n) is 4.83. The molecule has 0 bridgehead atoms. The molecule has 0 fully saturated rings. The molecule has 1 rings (SSSR count). The maximum atomic E-state index is 12.9. The van der Waals surface area contributed by atoms with Crippen molar-refractivity contribution in [2.24, 2.45) is 0 Å². The molecule has 0 saturated heterocycles. The van der Waals surface area contributed by atoms with Gasteiger partial charge in [-0.05, 0) is 45.8 Å². The van der Waals surface area contributed by atoms with Crippen molar-refractivity contribution in [3.8, 4) is 0 Å². The lowest BCUT2D eigenvalue weighted by Gasteiger charge is -2.09. The second-order valence-corrected chi connectivity index (χ2v) is 5.44. The van der Waals surface area contributed by atoms with E-state index in [0.29, 0.717) is 10.9 Å². The van der Waals surface area contributed by atoms with Crippen LogP contribution in [0, 0.1) is 5.82 Å².